The molecule has 1 saturated heterocycles. The van der Waals surface area contributed by atoms with Gasteiger partial charge in [-0.3, -0.25) is 9.59 Å². The number of nitrogens with zero attached hydrogens (tertiary/aromatic N) is 5. The number of benzene rings is 2. The van der Waals surface area contributed by atoms with Crippen LogP contribution in [0.4, 0.5) is 5.69 Å². The summed E-state index contributed by atoms with van der Waals surface area (Å²) in [6.45, 7) is 2.72. The summed E-state index contributed by atoms with van der Waals surface area (Å²) in [4.78, 5) is 26.4. The summed E-state index contributed by atoms with van der Waals surface area (Å²) in [5.74, 6) is 0.289. The van der Waals surface area contributed by atoms with Crippen LogP contribution in [0.5, 0.6) is 0 Å². The first-order valence-corrected chi connectivity index (χ1v) is 10.0. The van der Waals surface area contributed by atoms with E-state index in [1.165, 1.54) is 11.8 Å². The standard InChI is InChI=1S/C20H19N5O2S/c1-14-7-9-16(10-8-14)25-20(21-22-23-25)28-13-18(26)15-4-2-5-17(12-15)24-11-3-6-19(24)27/h2,4-5,7-10,12H,3,6,11,13H2,1H3. The maximum atomic E-state index is 12.7. The number of carbonyl (C=O) groups excluding carboxylic acids is 2. The predicted molar refractivity (Wildman–Crippen MR) is 107 cm³/mol. The molecule has 0 N–H and O–H groups in total. The number of tetrazole rings is 1. The van der Waals surface area contributed by atoms with Gasteiger partial charge in [0.1, 0.15) is 0 Å². The Morgan fingerprint density at radius 2 is 1.96 bits per heavy atom. The van der Waals surface area contributed by atoms with Crippen LogP contribution in [-0.4, -0.2) is 44.2 Å². The molecule has 3 aromatic rings. The van der Waals surface area contributed by atoms with Crippen molar-refractivity contribution in [1.82, 2.24) is 20.2 Å². The molecular weight excluding hydrogens is 374 g/mol. The summed E-state index contributed by atoms with van der Waals surface area (Å²) in [7, 11) is 0. The van der Waals surface area contributed by atoms with Crippen molar-refractivity contribution < 1.29 is 9.59 Å². The highest BCUT2D eigenvalue weighted by Crippen LogP contribution is 2.24. The number of rotatable bonds is 6. The van der Waals surface area contributed by atoms with Crippen LogP contribution >= 0.6 is 11.8 Å². The number of carbonyl (C=O) groups is 2. The molecule has 0 atom stereocenters. The molecule has 2 heterocycles. The van der Waals surface area contributed by atoms with E-state index >= 15 is 0 Å². The largest absolute Gasteiger partial charge is 0.312 e. The summed E-state index contributed by atoms with van der Waals surface area (Å²) in [6, 6.07) is 15.1. The topological polar surface area (TPSA) is 81.0 Å². The molecule has 142 valence electrons. The first-order valence-electron chi connectivity index (χ1n) is 9.04. The minimum absolute atomic E-state index is 0.0306. The van der Waals surface area contributed by atoms with Crippen molar-refractivity contribution in [2.75, 3.05) is 17.2 Å². The van der Waals surface area contributed by atoms with E-state index in [1.807, 2.05) is 43.3 Å². The van der Waals surface area contributed by atoms with Crippen molar-refractivity contribution in [3.8, 4) is 5.69 Å². The summed E-state index contributed by atoms with van der Waals surface area (Å²) < 4.78 is 1.62. The highest BCUT2D eigenvalue weighted by atomic mass is 32.2. The molecular formula is C20H19N5O2S. The van der Waals surface area contributed by atoms with Gasteiger partial charge in [-0.2, -0.15) is 4.68 Å². The minimum atomic E-state index is -0.0306. The monoisotopic (exact) mass is 393 g/mol. The van der Waals surface area contributed by atoms with Crippen LogP contribution in [0.15, 0.2) is 53.7 Å². The minimum Gasteiger partial charge on any atom is -0.312 e. The number of hydrogen-bond donors (Lipinski definition) is 0. The Morgan fingerprint density at radius 1 is 1.14 bits per heavy atom. The van der Waals surface area contributed by atoms with Crippen molar-refractivity contribution in [2.24, 2.45) is 0 Å². The average Bonchev–Trinajstić information content (AvgIpc) is 3.35. The predicted octanol–water partition coefficient (Wildman–Crippen LogP) is 3.07. The summed E-state index contributed by atoms with van der Waals surface area (Å²) in [5, 5.41) is 12.3. The van der Waals surface area contributed by atoms with Gasteiger partial charge in [0.2, 0.25) is 11.1 Å². The number of thioether (sulfide) groups is 1. The van der Waals surface area contributed by atoms with Crippen molar-refractivity contribution in [2.45, 2.75) is 24.9 Å². The molecule has 2 aromatic carbocycles. The van der Waals surface area contributed by atoms with Crippen molar-refractivity contribution in [1.29, 1.82) is 0 Å². The molecule has 8 heteroatoms. The van der Waals surface area contributed by atoms with Crippen LogP contribution < -0.4 is 4.90 Å². The number of aromatic nitrogens is 4. The lowest BCUT2D eigenvalue weighted by atomic mass is 10.1. The Kier molecular flexibility index (Phi) is 5.21. The maximum absolute atomic E-state index is 12.7. The van der Waals surface area contributed by atoms with Crippen molar-refractivity contribution in [3.05, 3.63) is 59.7 Å². The third-order valence-electron chi connectivity index (χ3n) is 4.61. The van der Waals surface area contributed by atoms with Gasteiger partial charge in [-0.05, 0) is 48.0 Å². The zero-order chi connectivity index (χ0) is 19.5. The quantitative estimate of drug-likeness (QED) is 0.473. The molecule has 0 radical (unpaired) electrons. The molecule has 0 bridgehead atoms. The smallest absolute Gasteiger partial charge is 0.227 e. The van der Waals surface area contributed by atoms with Crippen LogP contribution in [0.3, 0.4) is 0 Å². The normalized spacial score (nSPS) is 13.9. The highest BCUT2D eigenvalue weighted by molar-refractivity contribution is 7.99. The molecule has 7 nitrogen and oxygen atoms in total. The van der Waals surface area contributed by atoms with Gasteiger partial charge >= 0.3 is 0 Å². The molecule has 1 fully saturated rings. The van der Waals surface area contributed by atoms with Gasteiger partial charge < -0.3 is 4.90 Å². The Labute approximate surface area is 166 Å². The Bertz CT molecular complexity index is 1020. The van der Waals surface area contributed by atoms with Crippen LogP contribution in [-0.2, 0) is 4.79 Å². The average molecular weight is 393 g/mol. The second-order valence-electron chi connectivity index (χ2n) is 6.62. The molecule has 0 unspecified atom stereocenters. The number of Topliss-reactive ketones (excluding diaryl/α,β-unsaturated/α-hetero) is 1. The summed E-state index contributed by atoms with van der Waals surface area (Å²) >= 11 is 1.29. The zero-order valence-corrected chi connectivity index (χ0v) is 16.2. The maximum Gasteiger partial charge on any atom is 0.227 e. The lowest BCUT2D eigenvalue weighted by molar-refractivity contribution is -0.117. The highest BCUT2D eigenvalue weighted by Gasteiger charge is 2.22. The Balaban J connectivity index is 1.46. The number of amides is 1. The number of ketones is 1. The van der Waals surface area contributed by atoms with E-state index in [9.17, 15) is 9.59 Å². The van der Waals surface area contributed by atoms with E-state index < -0.39 is 0 Å². The second-order valence-corrected chi connectivity index (χ2v) is 7.56. The fraction of sp³-hybridized carbons (Fsp3) is 0.250. The second kappa shape index (κ2) is 7.93. The molecule has 1 aliphatic heterocycles. The van der Waals surface area contributed by atoms with E-state index in [0.717, 1.165) is 23.4 Å². The lowest BCUT2D eigenvalue weighted by Crippen LogP contribution is -2.23. The molecule has 28 heavy (non-hydrogen) atoms. The fourth-order valence-corrected chi connectivity index (χ4v) is 3.88. The molecule has 4 rings (SSSR count). The van der Waals surface area contributed by atoms with Gasteiger partial charge in [0.25, 0.3) is 0 Å². The Hall–Kier alpha value is -3.00. The van der Waals surface area contributed by atoms with E-state index in [4.69, 9.17) is 0 Å². The molecule has 1 aromatic heterocycles. The molecule has 0 saturated carbocycles. The van der Waals surface area contributed by atoms with Gasteiger partial charge in [0.05, 0.1) is 11.4 Å². The van der Waals surface area contributed by atoms with Gasteiger partial charge in [0, 0.05) is 24.2 Å². The fourth-order valence-electron chi connectivity index (χ4n) is 3.10. The van der Waals surface area contributed by atoms with Crippen LogP contribution in [0.2, 0.25) is 0 Å². The first kappa shape index (κ1) is 18.4. The third-order valence-corrected chi connectivity index (χ3v) is 5.52. The van der Waals surface area contributed by atoms with Gasteiger partial charge in [-0.1, -0.05) is 41.6 Å². The van der Waals surface area contributed by atoms with Crippen molar-refractivity contribution >= 4 is 29.1 Å². The van der Waals surface area contributed by atoms with Crippen LogP contribution in [0.25, 0.3) is 5.69 Å². The van der Waals surface area contributed by atoms with E-state index in [0.29, 0.717) is 23.7 Å². The first-order chi connectivity index (χ1) is 13.6. The number of hydrogen-bond acceptors (Lipinski definition) is 6. The SMILES string of the molecule is Cc1ccc(-n2nnnc2SCC(=O)c2cccc(N3CCCC3=O)c2)cc1. The van der Waals surface area contributed by atoms with Gasteiger partial charge in [-0.15, -0.1) is 5.10 Å². The van der Waals surface area contributed by atoms with E-state index in [2.05, 4.69) is 15.5 Å². The summed E-state index contributed by atoms with van der Waals surface area (Å²) in [6.07, 6.45) is 1.42. The summed E-state index contributed by atoms with van der Waals surface area (Å²) in [5.41, 5.74) is 3.36. The lowest BCUT2D eigenvalue weighted by Gasteiger charge is -2.16. The van der Waals surface area contributed by atoms with E-state index in [-0.39, 0.29) is 17.4 Å². The molecule has 0 spiro atoms. The molecule has 1 amide bonds. The Morgan fingerprint density at radius 3 is 2.71 bits per heavy atom. The molecule has 0 aliphatic carbocycles. The number of anilines is 1. The van der Waals surface area contributed by atoms with Crippen molar-refractivity contribution in [3.63, 3.8) is 0 Å². The number of aryl methyl sites for hydroxylation is 1. The molecule has 1 aliphatic rings. The van der Waals surface area contributed by atoms with Crippen LogP contribution in [0.1, 0.15) is 28.8 Å². The van der Waals surface area contributed by atoms with Gasteiger partial charge in [0.15, 0.2) is 5.78 Å². The van der Waals surface area contributed by atoms with Crippen LogP contribution in [0, 0.1) is 6.92 Å². The zero-order valence-electron chi connectivity index (χ0n) is 15.4. The van der Waals surface area contributed by atoms with E-state index in [1.54, 1.807) is 21.7 Å². The van der Waals surface area contributed by atoms with Gasteiger partial charge in [-0.25, -0.2) is 0 Å². The third kappa shape index (κ3) is 3.82.